The standard InChI is InChI=1S/C23H27N5O/c1-27-10-12-28(13-11-27)22-15-20(8-9-25-22)23(29)26-21(16-24)19-7-6-17-4-2-3-5-18(17)14-19/h2-9,14-15,21H,10-13,16,24H2,1H3,(H,26,29). The SMILES string of the molecule is CN1CCN(c2cc(C(=O)NC(CN)c3ccc4ccccc4c3)ccn2)CC1. The van der Waals surface area contributed by atoms with Crippen molar-refractivity contribution in [3.63, 3.8) is 0 Å². The van der Waals surface area contributed by atoms with Crippen molar-refractivity contribution in [1.29, 1.82) is 0 Å². The Kier molecular flexibility index (Phi) is 5.74. The first-order valence-electron chi connectivity index (χ1n) is 10.0. The van der Waals surface area contributed by atoms with E-state index in [-0.39, 0.29) is 11.9 Å². The molecule has 0 radical (unpaired) electrons. The number of carbonyl (C=O) groups is 1. The molecule has 29 heavy (non-hydrogen) atoms. The molecule has 0 bridgehead atoms. The van der Waals surface area contributed by atoms with Gasteiger partial charge in [-0.1, -0.05) is 36.4 Å². The zero-order chi connectivity index (χ0) is 20.2. The number of piperazine rings is 1. The van der Waals surface area contributed by atoms with Gasteiger partial charge in [-0.05, 0) is 41.6 Å². The number of hydrogen-bond donors (Lipinski definition) is 2. The van der Waals surface area contributed by atoms with Crippen LogP contribution in [0.25, 0.3) is 10.8 Å². The Balaban J connectivity index is 1.50. The molecule has 2 aromatic carbocycles. The maximum atomic E-state index is 12.9. The molecule has 0 aliphatic carbocycles. The zero-order valence-electron chi connectivity index (χ0n) is 16.7. The fourth-order valence-corrected chi connectivity index (χ4v) is 3.71. The molecule has 6 heteroatoms. The molecular weight excluding hydrogens is 362 g/mol. The molecule has 1 amide bonds. The van der Waals surface area contributed by atoms with Crippen molar-refractivity contribution in [1.82, 2.24) is 15.2 Å². The van der Waals surface area contributed by atoms with Gasteiger partial charge in [0.05, 0.1) is 6.04 Å². The molecule has 1 aliphatic heterocycles. The van der Waals surface area contributed by atoms with E-state index < -0.39 is 0 Å². The second kappa shape index (κ2) is 8.59. The number of hydrogen-bond acceptors (Lipinski definition) is 5. The predicted molar refractivity (Wildman–Crippen MR) is 117 cm³/mol. The van der Waals surface area contributed by atoms with Crippen molar-refractivity contribution in [2.24, 2.45) is 5.73 Å². The Morgan fingerprint density at radius 3 is 2.59 bits per heavy atom. The Morgan fingerprint density at radius 1 is 1.07 bits per heavy atom. The first-order valence-corrected chi connectivity index (χ1v) is 10.0. The Labute approximate surface area is 171 Å². The quantitative estimate of drug-likeness (QED) is 0.701. The Morgan fingerprint density at radius 2 is 1.83 bits per heavy atom. The van der Waals surface area contributed by atoms with E-state index >= 15 is 0 Å². The third-order valence-corrected chi connectivity index (χ3v) is 5.55. The number of rotatable bonds is 5. The molecule has 1 fully saturated rings. The number of fused-ring (bicyclic) bond motifs is 1. The van der Waals surface area contributed by atoms with Gasteiger partial charge in [0.25, 0.3) is 5.91 Å². The highest BCUT2D eigenvalue weighted by molar-refractivity contribution is 5.95. The van der Waals surface area contributed by atoms with Crippen molar-refractivity contribution < 1.29 is 4.79 Å². The lowest BCUT2D eigenvalue weighted by atomic mass is 10.0. The summed E-state index contributed by atoms with van der Waals surface area (Å²) in [5, 5.41) is 5.39. The predicted octanol–water partition coefficient (Wildman–Crippen LogP) is 2.42. The lowest BCUT2D eigenvalue weighted by molar-refractivity contribution is 0.0937. The summed E-state index contributed by atoms with van der Waals surface area (Å²) in [6, 6.07) is 17.7. The van der Waals surface area contributed by atoms with E-state index in [1.165, 1.54) is 5.39 Å². The fraction of sp³-hybridized carbons (Fsp3) is 0.304. The number of likely N-dealkylation sites (N-methyl/N-ethyl adjacent to an activating group) is 1. The second-order valence-electron chi connectivity index (χ2n) is 7.56. The van der Waals surface area contributed by atoms with Gasteiger partial charge < -0.3 is 20.9 Å². The molecular formula is C23H27N5O. The normalized spacial score (nSPS) is 16.0. The average Bonchev–Trinajstić information content (AvgIpc) is 2.77. The van der Waals surface area contributed by atoms with Crippen LogP contribution in [0.2, 0.25) is 0 Å². The van der Waals surface area contributed by atoms with E-state index in [4.69, 9.17) is 5.73 Å². The minimum absolute atomic E-state index is 0.133. The van der Waals surface area contributed by atoms with Gasteiger partial charge in [0.2, 0.25) is 0 Å². The topological polar surface area (TPSA) is 74.5 Å². The van der Waals surface area contributed by atoms with Crippen molar-refractivity contribution >= 4 is 22.5 Å². The summed E-state index contributed by atoms with van der Waals surface area (Å²) in [5.41, 5.74) is 7.61. The van der Waals surface area contributed by atoms with E-state index in [2.05, 4.69) is 51.4 Å². The van der Waals surface area contributed by atoms with Crippen LogP contribution in [0.3, 0.4) is 0 Å². The van der Waals surface area contributed by atoms with Crippen LogP contribution >= 0.6 is 0 Å². The van der Waals surface area contributed by atoms with Gasteiger partial charge in [-0.3, -0.25) is 4.79 Å². The molecule has 1 unspecified atom stereocenters. The zero-order valence-corrected chi connectivity index (χ0v) is 16.7. The molecule has 0 saturated carbocycles. The molecule has 150 valence electrons. The molecule has 1 saturated heterocycles. The number of aromatic nitrogens is 1. The molecule has 6 nitrogen and oxygen atoms in total. The van der Waals surface area contributed by atoms with Crippen LogP contribution in [-0.2, 0) is 0 Å². The average molecular weight is 390 g/mol. The van der Waals surface area contributed by atoms with Crippen LogP contribution in [0.5, 0.6) is 0 Å². The summed E-state index contributed by atoms with van der Waals surface area (Å²) in [6.45, 7) is 4.15. The van der Waals surface area contributed by atoms with E-state index in [0.29, 0.717) is 12.1 Å². The van der Waals surface area contributed by atoms with E-state index in [0.717, 1.165) is 42.9 Å². The van der Waals surface area contributed by atoms with Crippen molar-refractivity contribution in [2.45, 2.75) is 6.04 Å². The van der Waals surface area contributed by atoms with Gasteiger partial charge in [0.1, 0.15) is 5.82 Å². The smallest absolute Gasteiger partial charge is 0.251 e. The van der Waals surface area contributed by atoms with Crippen LogP contribution in [0.1, 0.15) is 22.0 Å². The second-order valence-corrected chi connectivity index (χ2v) is 7.56. The molecule has 1 aliphatic rings. The highest BCUT2D eigenvalue weighted by atomic mass is 16.1. The summed E-state index contributed by atoms with van der Waals surface area (Å²) in [5.74, 6) is 0.715. The van der Waals surface area contributed by atoms with E-state index in [1.54, 1.807) is 12.3 Å². The number of benzene rings is 2. The number of amides is 1. The molecule has 3 N–H and O–H groups in total. The van der Waals surface area contributed by atoms with E-state index in [9.17, 15) is 4.79 Å². The maximum Gasteiger partial charge on any atom is 0.251 e. The minimum atomic E-state index is -0.243. The van der Waals surface area contributed by atoms with Crippen LogP contribution in [-0.4, -0.2) is 55.6 Å². The lowest BCUT2D eigenvalue weighted by Gasteiger charge is -2.33. The van der Waals surface area contributed by atoms with Crippen LogP contribution in [0.4, 0.5) is 5.82 Å². The van der Waals surface area contributed by atoms with Crippen molar-refractivity contribution in [2.75, 3.05) is 44.7 Å². The summed E-state index contributed by atoms with van der Waals surface area (Å²) < 4.78 is 0. The molecule has 1 atom stereocenters. The fourth-order valence-electron chi connectivity index (χ4n) is 3.71. The first kappa shape index (κ1) is 19.4. The molecule has 4 rings (SSSR count). The highest BCUT2D eigenvalue weighted by Crippen LogP contribution is 2.21. The molecule has 3 aromatic rings. The van der Waals surface area contributed by atoms with Gasteiger partial charge in [-0.25, -0.2) is 4.98 Å². The molecule has 0 spiro atoms. The number of nitrogens with zero attached hydrogens (tertiary/aromatic N) is 3. The van der Waals surface area contributed by atoms with Crippen molar-refractivity contribution in [3.8, 4) is 0 Å². The van der Waals surface area contributed by atoms with Crippen LogP contribution in [0.15, 0.2) is 60.8 Å². The minimum Gasteiger partial charge on any atom is -0.354 e. The van der Waals surface area contributed by atoms with Gasteiger partial charge in [-0.2, -0.15) is 0 Å². The summed E-state index contributed by atoms with van der Waals surface area (Å²) in [4.78, 5) is 21.9. The number of pyridine rings is 1. The summed E-state index contributed by atoms with van der Waals surface area (Å²) >= 11 is 0. The number of nitrogens with two attached hydrogens (primary N) is 1. The molecule has 1 aromatic heterocycles. The number of nitrogens with one attached hydrogen (secondary N) is 1. The summed E-state index contributed by atoms with van der Waals surface area (Å²) in [7, 11) is 2.12. The largest absolute Gasteiger partial charge is 0.354 e. The monoisotopic (exact) mass is 389 g/mol. The highest BCUT2D eigenvalue weighted by Gasteiger charge is 2.18. The van der Waals surface area contributed by atoms with Gasteiger partial charge >= 0.3 is 0 Å². The Bertz CT molecular complexity index is 997. The van der Waals surface area contributed by atoms with E-state index in [1.807, 2.05) is 24.3 Å². The third kappa shape index (κ3) is 4.39. The van der Waals surface area contributed by atoms with Gasteiger partial charge in [0.15, 0.2) is 0 Å². The van der Waals surface area contributed by atoms with Gasteiger partial charge in [-0.15, -0.1) is 0 Å². The Hall–Kier alpha value is -2.96. The van der Waals surface area contributed by atoms with Crippen LogP contribution < -0.4 is 16.0 Å². The lowest BCUT2D eigenvalue weighted by Crippen LogP contribution is -2.44. The first-order chi connectivity index (χ1) is 14.1. The van der Waals surface area contributed by atoms with Gasteiger partial charge in [0, 0.05) is 44.5 Å². The third-order valence-electron chi connectivity index (χ3n) is 5.55. The molecule has 2 heterocycles. The number of anilines is 1. The maximum absolute atomic E-state index is 12.9. The number of carbonyl (C=O) groups excluding carboxylic acids is 1. The summed E-state index contributed by atoms with van der Waals surface area (Å²) in [6.07, 6.45) is 1.70. The van der Waals surface area contributed by atoms with Crippen LogP contribution in [0, 0.1) is 0 Å². The van der Waals surface area contributed by atoms with Crippen molar-refractivity contribution in [3.05, 3.63) is 71.9 Å².